The average Bonchev–Trinajstić information content (AvgIpc) is 2.35. The number of hydrogen-bond acceptors (Lipinski definition) is 4. The average molecular weight is 267 g/mol. The number of nitrogens with zero attached hydrogens (tertiary/aromatic N) is 2. The summed E-state index contributed by atoms with van der Waals surface area (Å²) < 4.78 is 8.06. The largest absolute Gasteiger partial charge is 0.378 e. The van der Waals surface area contributed by atoms with Crippen LogP contribution in [-0.4, -0.2) is 27.9 Å². The van der Waals surface area contributed by atoms with Crippen molar-refractivity contribution >= 4 is 0 Å². The Morgan fingerprint density at radius 1 is 1.37 bits per heavy atom. The topological polar surface area (TPSA) is 65.3 Å². The maximum Gasteiger partial charge on any atom is 0.330 e. The highest BCUT2D eigenvalue weighted by Crippen LogP contribution is 2.23. The maximum atomic E-state index is 11.9. The summed E-state index contributed by atoms with van der Waals surface area (Å²) in [6.07, 6.45) is 3.93. The minimum atomic E-state index is -0.297. The van der Waals surface area contributed by atoms with E-state index >= 15 is 0 Å². The number of ether oxygens (including phenoxy) is 1. The molecule has 1 aromatic rings. The summed E-state index contributed by atoms with van der Waals surface area (Å²) in [5.41, 5.74) is 0.0922. The molecule has 1 aromatic heterocycles. The molecule has 0 amide bonds. The zero-order chi connectivity index (χ0) is 14.0. The van der Waals surface area contributed by atoms with E-state index in [1.807, 2.05) is 6.92 Å². The minimum absolute atomic E-state index is 0.226. The fourth-order valence-corrected chi connectivity index (χ4v) is 2.36. The van der Waals surface area contributed by atoms with Crippen molar-refractivity contribution in [2.45, 2.75) is 38.5 Å². The van der Waals surface area contributed by atoms with Gasteiger partial charge in [-0.05, 0) is 19.8 Å². The first kappa shape index (κ1) is 14.0. The molecule has 1 heterocycles. The zero-order valence-corrected chi connectivity index (χ0v) is 11.7. The fraction of sp³-hybridized carbons (Fsp3) is 0.692. The third kappa shape index (κ3) is 2.96. The molecule has 0 unspecified atom stereocenters. The molecule has 0 spiro atoms. The second-order valence-electron chi connectivity index (χ2n) is 5.04. The molecule has 6 heteroatoms. The summed E-state index contributed by atoms with van der Waals surface area (Å²) in [4.78, 5) is 23.5. The van der Waals surface area contributed by atoms with E-state index in [4.69, 9.17) is 4.74 Å². The van der Waals surface area contributed by atoms with E-state index in [2.05, 4.69) is 5.32 Å². The minimum Gasteiger partial charge on any atom is -0.378 e. The zero-order valence-electron chi connectivity index (χ0n) is 11.7. The van der Waals surface area contributed by atoms with Crippen molar-refractivity contribution in [2.75, 3.05) is 6.61 Å². The second kappa shape index (κ2) is 5.71. The van der Waals surface area contributed by atoms with Crippen molar-refractivity contribution in [3.8, 4) is 0 Å². The summed E-state index contributed by atoms with van der Waals surface area (Å²) in [5, 5.41) is 3.33. The Bertz CT molecular complexity index is 555. The van der Waals surface area contributed by atoms with Crippen molar-refractivity contribution < 1.29 is 4.74 Å². The normalized spacial score (nSPS) is 22.3. The second-order valence-corrected chi connectivity index (χ2v) is 5.04. The molecule has 0 atom stereocenters. The van der Waals surface area contributed by atoms with Crippen molar-refractivity contribution in [1.82, 2.24) is 14.5 Å². The van der Waals surface area contributed by atoms with Gasteiger partial charge < -0.3 is 14.6 Å². The van der Waals surface area contributed by atoms with Gasteiger partial charge in [-0.2, -0.15) is 0 Å². The van der Waals surface area contributed by atoms with Crippen LogP contribution in [0.1, 0.15) is 25.3 Å². The van der Waals surface area contributed by atoms with E-state index < -0.39 is 0 Å². The summed E-state index contributed by atoms with van der Waals surface area (Å²) in [5.74, 6) is 0. The highest BCUT2D eigenvalue weighted by molar-refractivity contribution is 5.06. The van der Waals surface area contributed by atoms with Gasteiger partial charge >= 0.3 is 5.69 Å². The fourth-order valence-electron chi connectivity index (χ4n) is 2.36. The molecule has 6 nitrogen and oxygen atoms in total. The molecule has 106 valence electrons. The third-order valence-electron chi connectivity index (χ3n) is 3.60. The summed E-state index contributed by atoms with van der Waals surface area (Å²) in [7, 11) is 3.16. The van der Waals surface area contributed by atoms with Crippen LogP contribution >= 0.6 is 0 Å². The Labute approximate surface area is 112 Å². The lowest BCUT2D eigenvalue weighted by molar-refractivity contribution is -0.0102. The van der Waals surface area contributed by atoms with Gasteiger partial charge in [-0.15, -0.1) is 0 Å². The first-order valence-corrected chi connectivity index (χ1v) is 6.63. The molecule has 1 aliphatic rings. The number of aryl methyl sites for hydroxylation is 1. The Morgan fingerprint density at radius 2 is 2.05 bits per heavy atom. The van der Waals surface area contributed by atoms with E-state index in [-0.39, 0.29) is 11.2 Å². The molecular formula is C13H21N3O3. The lowest BCUT2D eigenvalue weighted by atomic mass is 9.89. The van der Waals surface area contributed by atoms with E-state index in [0.717, 1.165) is 24.0 Å². The summed E-state index contributed by atoms with van der Waals surface area (Å²) >= 11 is 0. The molecule has 0 aromatic carbocycles. The molecule has 1 saturated carbocycles. The molecular weight excluding hydrogens is 246 g/mol. The SMILES string of the molecule is CCOC1CC(NCc2cn(C)c(=O)n(C)c2=O)C1. The van der Waals surface area contributed by atoms with Gasteiger partial charge in [-0.25, -0.2) is 4.79 Å². The van der Waals surface area contributed by atoms with Crippen LogP contribution < -0.4 is 16.6 Å². The maximum absolute atomic E-state index is 11.9. The Kier molecular flexibility index (Phi) is 4.21. The van der Waals surface area contributed by atoms with Crippen molar-refractivity contribution in [3.63, 3.8) is 0 Å². The van der Waals surface area contributed by atoms with Gasteiger partial charge in [0.15, 0.2) is 0 Å². The quantitative estimate of drug-likeness (QED) is 0.798. The van der Waals surface area contributed by atoms with E-state index in [0.29, 0.717) is 24.3 Å². The smallest absolute Gasteiger partial charge is 0.330 e. The van der Waals surface area contributed by atoms with Gasteiger partial charge in [-0.1, -0.05) is 0 Å². The van der Waals surface area contributed by atoms with Crippen LogP contribution in [0.3, 0.4) is 0 Å². The number of hydrogen-bond donors (Lipinski definition) is 1. The molecule has 0 bridgehead atoms. The Balaban J connectivity index is 1.95. The van der Waals surface area contributed by atoms with Crippen molar-refractivity contribution in [1.29, 1.82) is 0 Å². The lowest BCUT2D eigenvalue weighted by Gasteiger charge is -2.35. The number of aromatic nitrogens is 2. The van der Waals surface area contributed by atoms with Crippen LogP contribution in [0.15, 0.2) is 15.8 Å². The van der Waals surface area contributed by atoms with Gasteiger partial charge in [0, 0.05) is 45.0 Å². The predicted molar refractivity (Wildman–Crippen MR) is 72.2 cm³/mol. The highest BCUT2D eigenvalue weighted by atomic mass is 16.5. The van der Waals surface area contributed by atoms with Crippen molar-refractivity contribution in [3.05, 3.63) is 32.6 Å². The predicted octanol–water partition coefficient (Wildman–Crippen LogP) is -0.259. The molecule has 1 N–H and O–H groups in total. The van der Waals surface area contributed by atoms with Gasteiger partial charge in [-0.3, -0.25) is 9.36 Å². The molecule has 0 saturated heterocycles. The van der Waals surface area contributed by atoms with Gasteiger partial charge in [0.1, 0.15) is 0 Å². The molecule has 1 aliphatic carbocycles. The highest BCUT2D eigenvalue weighted by Gasteiger charge is 2.29. The van der Waals surface area contributed by atoms with E-state index in [1.165, 1.54) is 11.6 Å². The third-order valence-corrected chi connectivity index (χ3v) is 3.60. The summed E-state index contributed by atoms with van der Waals surface area (Å²) in [6.45, 7) is 3.23. The number of rotatable bonds is 5. The van der Waals surface area contributed by atoms with Crippen LogP contribution in [0.4, 0.5) is 0 Å². The van der Waals surface area contributed by atoms with Crippen LogP contribution in [0.2, 0.25) is 0 Å². The van der Waals surface area contributed by atoms with Crippen LogP contribution in [0.5, 0.6) is 0 Å². The van der Waals surface area contributed by atoms with Crippen LogP contribution in [0.25, 0.3) is 0 Å². The van der Waals surface area contributed by atoms with Gasteiger partial charge in [0.25, 0.3) is 5.56 Å². The Hall–Kier alpha value is -1.40. The van der Waals surface area contributed by atoms with Crippen LogP contribution in [0, 0.1) is 0 Å². The van der Waals surface area contributed by atoms with Gasteiger partial charge in [0.2, 0.25) is 0 Å². The molecule has 0 radical (unpaired) electrons. The molecule has 2 rings (SSSR count). The Morgan fingerprint density at radius 3 is 2.68 bits per heavy atom. The molecule has 1 fully saturated rings. The number of nitrogens with one attached hydrogen (secondary N) is 1. The first-order valence-electron chi connectivity index (χ1n) is 6.63. The summed E-state index contributed by atoms with van der Waals surface area (Å²) in [6, 6.07) is 0.401. The lowest BCUT2D eigenvalue weighted by Crippen LogP contribution is -2.46. The monoisotopic (exact) mass is 267 g/mol. The molecule has 19 heavy (non-hydrogen) atoms. The molecule has 0 aliphatic heterocycles. The van der Waals surface area contributed by atoms with Gasteiger partial charge in [0.05, 0.1) is 6.10 Å². The van der Waals surface area contributed by atoms with Crippen LogP contribution in [-0.2, 0) is 25.4 Å². The standard InChI is InChI=1S/C13H21N3O3/c1-4-19-11-5-10(6-11)14-7-9-8-15(2)13(18)16(3)12(9)17/h8,10-11,14H,4-7H2,1-3H3. The van der Waals surface area contributed by atoms with E-state index in [1.54, 1.807) is 13.2 Å². The van der Waals surface area contributed by atoms with Crippen molar-refractivity contribution in [2.24, 2.45) is 14.1 Å². The van der Waals surface area contributed by atoms with E-state index in [9.17, 15) is 9.59 Å². The first-order chi connectivity index (χ1) is 9.02.